The molecule has 4 unspecified atom stereocenters. The molecule has 0 aromatic rings. The summed E-state index contributed by atoms with van der Waals surface area (Å²) in [6.07, 6.45) is 0. The molecule has 0 aliphatic heterocycles. The van der Waals surface area contributed by atoms with Crippen molar-refractivity contribution >= 4 is 46.4 Å². The van der Waals surface area contributed by atoms with Crippen LogP contribution in [0.15, 0.2) is 0 Å². The van der Waals surface area contributed by atoms with Crippen LogP contribution in [0.4, 0.5) is 0 Å². The van der Waals surface area contributed by atoms with E-state index in [1.165, 1.54) is 0 Å². The SMILES string of the molecule is CC(Cl)C1(Cl)C(Cl)C1CCl. The number of hydrogen-bond acceptors (Lipinski definition) is 0. The van der Waals surface area contributed by atoms with E-state index in [4.69, 9.17) is 46.4 Å². The van der Waals surface area contributed by atoms with E-state index in [1.54, 1.807) is 0 Å². The predicted octanol–water partition coefficient (Wildman–Crippen LogP) is 3.07. The zero-order valence-corrected chi connectivity index (χ0v) is 8.47. The van der Waals surface area contributed by atoms with Gasteiger partial charge in [0.25, 0.3) is 0 Å². The lowest BCUT2D eigenvalue weighted by Gasteiger charge is -2.09. The maximum atomic E-state index is 6.05. The lowest BCUT2D eigenvalue weighted by molar-refractivity contribution is 0.773. The summed E-state index contributed by atoms with van der Waals surface area (Å²) in [5.41, 5.74) is 0. The maximum Gasteiger partial charge on any atom is 0.0827 e. The molecule has 0 radical (unpaired) electrons. The zero-order chi connectivity index (χ0) is 7.94. The van der Waals surface area contributed by atoms with Gasteiger partial charge in [-0.15, -0.1) is 46.4 Å². The minimum Gasteiger partial charge on any atom is -0.126 e. The van der Waals surface area contributed by atoms with Crippen LogP contribution in [0.2, 0.25) is 0 Å². The van der Waals surface area contributed by atoms with Gasteiger partial charge in [0.2, 0.25) is 0 Å². The molecule has 60 valence electrons. The second-order valence-corrected chi connectivity index (χ2v) is 4.69. The summed E-state index contributed by atoms with van der Waals surface area (Å²) in [5, 5.41) is -0.167. The van der Waals surface area contributed by atoms with E-state index in [0.717, 1.165) is 0 Å². The Balaban J connectivity index is 2.58. The van der Waals surface area contributed by atoms with Gasteiger partial charge >= 0.3 is 0 Å². The summed E-state index contributed by atoms with van der Waals surface area (Å²) in [5.74, 6) is 0.666. The van der Waals surface area contributed by atoms with Crippen LogP contribution in [0.25, 0.3) is 0 Å². The van der Waals surface area contributed by atoms with Crippen molar-refractivity contribution < 1.29 is 0 Å². The number of halogens is 4. The Morgan fingerprint density at radius 2 is 2.10 bits per heavy atom. The Kier molecular flexibility index (Phi) is 2.68. The summed E-state index contributed by atoms with van der Waals surface area (Å²) in [6, 6.07) is 0. The van der Waals surface area contributed by atoms with Crippen molar-refractivity contribution in [2.45, 2.75) is 22.6 Å². The fourth-order valence-corrected chi connectivity index (χ4v) is 3.01. The molecule has 1 aliphatic carbocycles. The van der Waals surface area contributed by atoms with Crippen molar-refractivity contribution in [1.29, 1.82) is 0 Å². The molecular formula is C6H8Cl4. The van der Waals surface area contributed by atoms with Crippen molar-refractivity contribution in [3.63, 3.8) is 0 Å². The first-order chi connectivity index (χ1) is 4.55. The Morgan fingerprint density at radius 1 is 1.60 bits per heavy atom. The molecule has 10 heavy (non-hydrogen) atoms. The third-order valence-corrected chi connectivity index (χ3v) is 4.44. The van der Waals surface area contributed by atoms with Crippen LogP contribution in [0.3, 0.4) is 0 Å². The van der Waals surface area contributed by atoms with Gasteiger partial charge in [-0.1, -0.05) is 0 Å². The molecule has 0 spiro atoms. The fraction of sp³-hybridized carbons (Fsp3) is 1.00. The normalized spacial score (nSPS) is 48.9. The molecule has 0 bridgehead atoms. The molecule has 0 nitrogen and oxygen atoms in total. The van der Waals surface area contributed by atoms with Crippen LogP contribution < -0.4 is 0 Å². The first kappa shape index (κ1) is 9.25. The van der Waals surface area contributed by atoms with Gasteiger partial charge in [0.05, 0.1) is 15.6 Å². The van der Waals surface area contributed by atoms with Gasteiger partial charge in [-0.3, -0.25) is 0 Å². The van der Waals surface area contributed by atoms with E-state index in [-0.39, 0.29) is 16.7 Å². The number of hydrogen-bond donors (Lipinski definition) is 0. The molecule has 1 saturated carbocycles. The summed E-state index contributed by atoms with van der Waals surface area (Å²) < 4.78 is 0. The molecular weight excluding hydrogens is 214 g/mol. The van der Waals surface area contributed by atoms with Crippen molar-refractivity contribution in [1.82, 2.24) is 0 Å². The van der Waals surface area contributed by atoms with Crippen LogP contribution in [0.1, 0.15) is 6.92 Å². The monoisotopic (exact) mass is 220 g/mol. The lowest BCUT2D eigenvalue weighted by Crippen LogP contribution is -2.17. The van der Waals surface area contributed by atoms with Crippen LogP contribution in [0, 0.1) is 5.92 Å². The quantitative estimate of drug-likeness (QED) is 0.629. The van der Waals surface area contributed by atoms with Crippen LogP contribution in [-0.2, 0) is 0 Å². The van der Waals surface area contributed by atoms with Gasteiger partial charge < -0.3 is 0 Å². The van der Waals surface area contributed by atoms with E-state index in [9.17, 15) is 0 Å². The first-order valence-electron chi connectivity index (χ1n) is 3.08. The van der Waals surface area contributed by atoms with Gasteiger partial charge in [0, 0.05) is 11.8 Å². The molecule has 0 amide bonds. The van der Waals surface area contributed by atoms with Crippen molar-refractivity contribution in [2.24, 2.45) is 5.92 Å². The molecule has 0 saturated heterocycles. The maximum absolute atomic E-state index is 6.05. The Hall–Kier alpha value is 1.16. The van der Waals surface area contributed by atoms with Crippen molar-refractivity contribution in [3.05, 3.63) is 0 Å². The first-order valence-corrected chi connectivity index (χ1v) is 4.86. The minimum atomic E-state index is -0.454. The molecule has 0 heterocycles. The largest absolute Gasteiger partial charge is 0.126 e. The van der Waals surface area contributed by atoms with Gasteiger partial charge in [0.15, 0.2) is 0 Å². The average Bonchev–Trinajstić information content (AvgIpc) is 2.38. The van der Waals surface area contributed by atoms with Crippen LogP contribution in [-0.4, -0.2) is 21.5 Å². The van der Waals surface area contributed by atoms with E-state index in [1.807, 2.05) is 6.92 Å². The molecule has 4 atom stereocenters. The third-order valence-electron chi connectivity index (χ3n) is 2.01. The topological polar surface area (TPSA) is 0 Å². The van der Waals surface area contributed by atoms with E-state index < -0.39 is 4.87 Å². The highest BCUT2D eigenvalue weighted by atomic mass is 35.5. The van der Waals surface area contributed by atoms with Gasteiger partial charge in [-0.2, -0.15) is 0 Å². The molecule has 1 rings (SSSR count). The molecule has 4 heteroatoms. The smallest absolute Gasteiger partial charge is 0.0827 e. The van der Waals surface area contributed by atoms with Gasteiger partial charge in [0.1, 0.15) is 0 Å². The molecule has 0 N–H and O–H groups in total. The Morgan fingerprint density at radius 3 is 2.20 bits per heavy atom. The highest BCUT2D eigenvalue weighted by Crippen LogP contribution is 2.57. The second-order valence-electron chi connectivity index (χ2n) is 2.61. The van der Waals surface area contributed by atoms with Gasteiger partial charge in [-0.05, 0) is 6.92 Å². The zero-order valence-electron chi connectivity index (χ0n) is 5.45. The fourth-order valence-electron chi connectivity index (χ4n) is 1.11. The minimum absolute atomic E-state index is 0.0563. The van der Waals surface area contributed by atoms with E-state index >= 15 is 0 Å². The Bertz CT molecular complexity index is 136. The molecule has 1 fully saturated rings. The summed E-state index contributed by atoms with van der Waals surface area (Å²) >= 11 is 23.3. The summed E-state index contributed by atoms with van der Waals surface area (Å²) in [6.45, 7) is 1.84. The van der Waals surface area contributed by atoms with Gasteiger partial charge in [-0.25, -0.2) is 0 Å². The van der Waals surface area contributed by atoms with Crippen LogP contribution in [0.5, 0.6) is 0 Å². The molecule has 0 aromatic heterocycles. The molecule has 1 aliphatic rings. The van der Waals surface area contributed by atoms with Crippen molar-refractivity contribution in [3.8, 4) is 0 Å². The van der Waals surface area contributed by atoms with Crippen LogP contribution >= 0.6 is 46.4 Å². The van der Waals surface area contributed by atoms with E-state index in [2.05, 4.69) is 0 Å². The number of rotatable bonds is 2. The Labute approximate surface area is 80.8 Å². The number of alkyl halides is 4. The predicted molar refractivity (Wildman–Crippen MR) is 47.8 cm³/mol. The summed E-state index contributed by atoms with van der Waals surface area (Å²) in [4.78, 5) is -0.454. The van der Waals surface area contributed by atoms with E-state index in [0.29, 0.717) is 5.88 Å². The van der Waals surface area contributed by atoms with Crippen molar-refractivity contribution in [2.75, 3.05) is 5.88 Å². The summed E-state index contributed by atoms with van der Waals surface area (Å²) in [7, 11) is 0. The second kappa shape index (κ2) is 2.90. The average molecular weight is 222 g/mol. The highest BCUT2D eigenvalue weighted by molar-refractivity contribution is 6.42. The molecule has 0 aromatic carbocycles. The standard InChI is InChI=1S/C6H8Cl4/c1-3(8)6(10)4(2-7)5(6)9/h3-5H,2H2,1H3. The third kappa shape index (κ3) is 1.14. The highest BCUT2D eigenvalue weighted by Gasteiger charge is 2.65. The lowest BCUT2D eigenvalue weighted by atomic mass is 10.2.